The van der Waals surface area contributed by atoms with Gasteiger partial charge in [-0.25, -0.2) is 4.98 Å². The first kappa shape index (κ1) is 17.0. The van der Waals surface area contributed by atoms with E-state index in [1.807, 2.05) is 19.1 Å². The molecule has 0 bridgehead atoms. The predicted octanol–water partition coefficient (Wildman–Crippen LogP) is 2.39. The molecule has 0 unspecified atom stereocenters. The maximum Gasteiger partial charge on any atom is 0.287 e. The summed E-state index contributed by atoms with van der Waals surface area (Å²) >= 11 is 0. The number of nitrogens with one attached hydrogen (secondary N) is 2. The van der Waals surface area contributed by atoms with Crippen molar-refractivity contribution in [1.29, 1.82) is 0 Å². The fraction of sp³-hybridized carbons (Fsp3) is 0.471. The van der Waals surface area contributed by atoms with Crippen LogP contribution in [0, 0.1) is 0 Å². The Morgan fingerprint density at radius 2 is 1.83 bits per heavy atom. The lowest BCUT2D eigenvalue weighted by Gasteiger charge is -2.03. The molecular formula is C17H24N4O2. The molecule has 0 aliphatic heterocycles. The molecule has 2 N–H and O–H groups in total. The summed E-state index contributed by atoms with van der Waals surface area (Å²) in [5.41, 5.74) is 0.928. The summed E-state index contributed by atoms with van der Waals surface area (Å²) in [6.07, 6.45) is 5.72. The van der Waals surface area contributed by atoms with Crippen molar-refractivity contribution in [3.63, 3.8) is 0 Å². The minimum Gasteiger partial charge on any atom is -0.351 e. The number of fused-ring (bicyclic) bond motifs is 1. The fourth-order valence-electron chi connectivity index (χ4n) is 2.34. The van der Waals surface area contributed by atoms with Crippen LogP contribution in [0.1, 0.15) is 60.6 Å². The highest BCUT2D eigenvalue weighted by Gasteiger charge is 2.20. The van der Waals surface area contributed by atoms with E-state index < -0.39 is 0 Å². The molecule has 0 saturated heterocycles. The number of aromatic nitrogens is 2. The SMILES string of the molecule is CCCCCNC(=O)c1nc(C(=O)NCCC)c2ccccn12. The van der Waals surface area contributed by atoms with Gasteiger partial charge >= 0.3 is 0 Å². The lowest BCUT2D eigenvalue weighted by atomic mass is 10.2. The van der Waals surface area contributed by atoms with Gasteiger partial charge in [-0.3, -0.25) is 14.0 Å². The zero-order valence-electron chi connectivity index (χ0n) is 13.8. The molecule has 6 heteroatoms. The molecule has 0 atom stereocenters. The third-order valence-electron chi connectivity index (χ3n) is 3.57. The van der Waals surface area contributed by atoms with Crippen LogP contribution in [-0.4, -0.2) is 34.3 Å². The highest BCUT2D eigenvalue weighted by atomic mass is 16.2. The number of hydrogen-bond acceptors (Lipinski definition) is 3. The molecule has 6 nitrogen and oxygen atoms in total. The largest absolute Gasteiger partial charge is 0.351 e. The number of carbonyl (C=O) groups excluding carboxylic acids is 2. The van der Waals surface area contributed by atoms with Gasteiger partial charge in [0.1, 0.15) is 0 Å². The third kappa shape index (κ3) is 4.09. The van der Waals surface area contributed by atoms with Gasteiger partial charge in [0.05, 0.1) is 5.52 Å². The van der Waals surface area contributed by atoms with Gasteiger partial charge in [-0.1, -0.05) is 32.8 Å². The highest BCUT2D eigenvalue weighted by Crippen LogP contribution is 2.13. The number of unbranched alkanes of at least 4 members (excludes halogenated alkanes) is 2. The van der Waals surface area contributed by atoms with Gasteiger partial charge in [0.25, 0.3) is 11.8 Å². The first-order valence-corrected chi connectivity index (χ1v) is 8.22. The highest BCUT2D eigenvalue weighted by molar-refractivity contribution is 6.02. The topological polar surface area (TPSA) is 75.5 Å². The number of amides is 2. The quantitative estimate of drug-likeness (QED) is 0.734. The molecule has 0 spiro atoms. The molecular weight excluding hydrogens is 292 g/mol. The Balaban J connectivity index is 2.23. The first-order chi connectivity index (χ1) is 11.2. The molecule has 2 rings (SSSR count). The molecule has 0 fully saturated rings. The van der Waals surface area contributed by atoms with Crippen molar-refractivity contribution in [2.75, 3.05) is 13.1 Å². The van der Waals surface area contributed by atoms with Crippen molar-refractivity contribution in [3.05, 3.63) is 35.9 Å². The van der Waals surface area contributed by atoms with E-state index in [2.05, 4.69) is 22.5 Å². The minimum atomic E-state index is -0.253. The smallest absolute Gasteiger partial charge is 0.287 e. The average Bonchev–Trinajstić information content (AvgIpc) is 2.96. The number of nitrogens with zero attached hydrogens (tertiary/aromatic N) is 2. The van der Waals surface area contributed by atoms with E-state index in [0.29, 0.717) is 18.6 Å². The van der Waals surface area contributed by atoms with Gasteiger partial charge in [-0.15, -0.1) is 0 Å². The average molecular weight is 316 g/mol. The van der Waals surface area contributed by atoms with E-state index in [0.717, 1.165) is 25.7 Å². The van der Waals surface area contributed by atoms with Crippen LogP contribution in [0.4, 0.5) is 0 Å². The molecule has 2 amide bonds. The van der Waals surface area contributed by atoms with Crippen LogP contribution in [0.25, 0.3) is 5.52 Å². The van der Waals surface area contributed by atoms with Crippen LogP contribution >= 0.6 is 0 Å². The molecule has 23 heavy (non-hydrogen) atoms. The summed E-state index contributed by atoms with van der Waals surface area (Å²) in [4.78, 5) is 28.9. The van der Waals surface area contributed by atoms with Crippen molar-refractivity contribution in [3.8, 4) is 0 Å². The van der Waals surface area contributed by atoms with Gasteiger partial charge in [0.15, 0.2) is 5.69 Å². The van der Waals surface area contributed by atoms with Gasteiger partial charge in [-0.2, -0.15) is 0 Å². The maximum absolute atomic E-state index is 12.3. The van der Waals surface area contributed by atoms with Gasteiger partial charge in [0.2, 0.25) is 5.82 Å². The van der Waals surface area contributed by atoms with E-state index >= 15 is 0 Å². The summed E-state index contributed by atoms with van der Waals surface area (Å²) in [6.45, 7) is 5.31. The van der Waals surface area contributed by atoms with Crippen molar-refractivity contribution < 1.29 is 9.59 Å². The predicted molar refractivity (Wildman–Crippen MR) is 89.7 cm³/mol. The van der Waals surface area contributed by atoms with Crippen LogP contribution in [-0.2, 0) is 0 Å². The molecule has 2 aromatic heterocycles. The van der Waals surface area contributed by atoms with E-state index in [1.54, 1.807) is 16.7 Å². The molecule has 0 aromatic carbocycles. The fourth-order valence-corrected chi connectivity index (χ4v) is 2.34. The monoisotopic (exact) mass is 316 g/mol. The van der Waals surface area contributed by atoms with Crippen molar-refractivity contribution in [2.24, 2.45) is 0 Å². The van der Waals surface area contributed by atoms with Gasteiger partial charge < -0.3 is 10.6 Å². The number of rotatable bonds is 8. The van der Waals surface area contributed by atoms with E-state index in [-0.39, 0.29) is 23.3 Å². The molecule has 0 saturated carbocycles. The minimum absolute atomic E-state index is 0.249. The van der Waals surface area contributed by atoms with Crippen LogP contribution in [0.3, 0.4) is 0 Å². The normalized spacial score (nSPS) is 10.7. The number of imidazole rings is 1. The van der Waals surface area contributed by atoms with Crippen LogP contribution in [0.15, 0.2) is 24.4 Å². The Hall–Kier alpha value is -2.37. The Kier molecular flexibility index (Phi) is 6.14. The standard InChI is InChI=1S/C17H24N4O2/c1-3-5-7-11-19-17(23)15-20-14(16(22)18-10-4-2)13-9-6-8-12-21(13)15/h6,8-9,12H,3-5,7,10-11H2,1-2H3,(H,18,22)(H,19,23). The number of hydrogen-bond donors (Lipinski definition) is 2. The Bertz CT molecular complexity index is 678. The third-order valence-corrected chi connectivity index (χ3v) is 3.57. The van der Waals surface area contributed by atoms with E-state index in [9.17, 15) is 9.59 Å². The first-order valence-electron chi connectivity index (χ1n) is 8.22. The molecule has 0 radical (unpaired) electrons. The van der Waals surface area contributed by atoms with Gasteiger partial charge in [-0.05, 0) is 25.0 Å². The van der Waals surface area contributed by atoms with Crippen molar-refractivity contribution >= 4 is 17.3 Å². The van der Waals surface area contributed by atoms with Crippen molar-refractivity contribution in [2.45, 2.75) is 39.5 Å². The Labute approximate surface area is 136 Å². The van der Waals surface area contributed by atoms with Crippen LogP contribution in [0.5, 0.6) is 0 Å². The van der Waals surface area contributed by atoms with Crippen molar-refractivity contribution in [1.82, 2.24) is 20.0 Å². The molecule has 2 aromatic rings. The zero-order valence-corrected chi connectivity index (χ0v) is 13.8. The van der Waals surface area contributed by atoms with Crippen LogP contribution < -0.4 is 10.6 Å². The Morgan fingerprint density at radius 3 is 2.57 bits per heavy atom. The summed E-state index contributed by atoms with van der Waals surface area (Å²) in [5, 5.41) is 5.67. The summed E-state index contributed by atoms with van der Waals surface area (Å²) in [6, 6.07) is 5.44. The number of pyridine rings is 1. The molecule has 0 aliphatic rings. The molecule has 2 heterocycles. The Morgan fingerprint density at radius 1 is 1.04 bits per heavy atom. The molecule has 0 aliphatic carbocycles. The van der Waals surface area contributed by atoms with E-state index in [1.165, 1.54) is 0 Å². The summed E-state index contributed by atoms with van der Waals surface area (Å²) in [5.74, 6) is -0.254. The van der Waals surface area contributed by atoms with Crippen LogP contribution in [0.2, 0.25) is 0 Å². The maximum atomic E-state index is 12.3. The summed E-state index contributed by atoms with van der Waals surface area (Å²) < 4.78 is 1.66. The second kappa shape index (κ2) is 8.31. The lowest BCUT2D eigenvalue weighted by molar-refractivity contribution is 0.0942. The number of carbonyl (C=O) groups is 2. The van der Waals surface area contributed by atoms with E-state index in [4.69, 9.17) is 0 Å². The molecule has 124 valence electrons. The second-order valence-corrected chi connectivity index (χ2v) is 5.46. The second-order valence-electron chi connectivity index (χ2n) is 5.46. The summed E-state index contributed by atoms with van der Waals surface area (Å²) in [7, 11) is 0. The lowest BCUT2D eigenvalue weighted by Crippen LogP contribution is -2.27. The van der Waals surface area contributed by atoms with Gasteiger partial charge in [0, 0.05) is 19.3 Å². The zero-order chi connectivity index (χ0) is 16.7.